The summed E-state index contributed by atoms with van der Waals surface area (Å²) < 4.78 is 7.01. The van der Waals surface area contributed by atoms with E-state index < -0.39 is 0 Å². The predicted molar refractivity (Wildman–Crippen MR) is 123 cm³/mol. The van der Waals surface area contributed by atoms with Crippen molar-refractivity contribution < 1.29 is 14.6 Å². The molecule has 0 saturated heterocycles. The van der Waals surface area contributed by atoms with E-state index in [1.54, 1.807) is 46.9 Å². The van der Waals surface area contributed by atoms with Gasteiger partial charge in [0.05, 0.1) is 44.5 Å². The van der Waals surface area contributed by atoms with Gasteiger partial charge in [0.15, 0.2) is 11.6 Å². The van der Waals surface area contributed by atoms with Gasteiger partial charge in [0.25, 0.3) is 0 Å². The molecular formula is C23H26N6O3. The zero-order valence-corrected chi connectivity index (χ0v) is 18.1. The summed E-state index contributed by atoms with van der Waals surface area (Å²) in [5.41, 5.74) is 2.62. The fraction of sp³-hybridized carbons (Fsp3) is 0.261. The number of aromatic nitrogens is 4. The van der Waals surface area contributed by atoms with Crippen LogP contribution in [-0.4, -0.2) is 50.6 Å². The number of aliphatic hydroxyl groups is 1. The Morgan fingerprint density at radius 2 is 2.09 bits per heavy atom. The van der Waals surface area contributed by atoms with Crippen LogP contribution in [0.15, 0.2) is 66.4 Å². The molecule has 32 heavy (non-hydrogen) atoms. The van der Waals surface area contributed by atoms with Gasteiger partial charge >= 0.3 is 0 Å². The monoisotopic (exact) mass is 434 g/mol. The third-order valence-electron chi connectivity index (χ3n) is 4.54. The van der Waals surface area contributed by atoms with Gasteiger partial charge in [-0.1, -0.05) is 25.1 Å². The zero-order chi connectivity index (χ0) is 22.8. The largest absolute Gasteiger partial charge is 0.491 e. The highest BCUT2D eigenvalue weighted by Gasteiger charge is 2.09. The van der Waals surface area contributed by atoms with Gasteiger partial charge in [-0.3, -0.25) is 9.48 Å². The standard InChI is InChI=1S/C23H26N6O3/c1-3-32-22-15-24-23(25-16-22)20-7-4-6-19(12-20)18(2)13-27-29(8-5-10-30)21-14-26-28(17-21)9-11-31/h4-8,10,12-18,31H,3,9,11H2,1-2H3/b8-5-,27-13+. The number of carbonyl (C=O) groups is 1. The van der Waals surface area contributed by atoms with E-state index in [0.29, 0.717) is 36.7 Å². The molecule has 9 nitrogen and oxygen atoms in total. The molecule has 0 spiro atoms. The van der Waals surface area contributed by atoms with E-state index in [4.69, 9.17) is 9.84 Å². The molecule has 0 bridgehead atoms. The maximum absolute atomic E-state index is 10.8. The lowest BCUT2D eigenvalue weighted by molar-refractivity contribution is -0.104. The van der Waals surface area contributed by atoms with E-state index in [-0.39, 0.29) is 12.5 Å². The minimum atomic E-state index is -0.0164. The fourth-order valence-corrected chi connectivity index (χ4v) is 2.93. The zero-order valence-electron chi connectivity index (χ0n) is 18.1. The number of anilines is 1. The Labute approximate surface area is 186 Å². The second kappa shape index (κ2) is 11.5. The molecule has 3 aromatic rings. The summed E-state index contributed by atoms with van der Waals surface area (Å²) in [5, 5.41) is 19.3. The van der Waals surface area contributed by atoms with Crippen molar-refractivity contribution in [3.8, 4) is 17.1 Å². The SMILES string of the molecule is CCOc1cnc(-c2cccc(C(C)/C=N/N(/C=C\C=O)c3cnn(CCO)c3)c2)nc1. The van der Waals surface area contributed by atoms with Crippen molar-refractivity contribution in [3.05, 3.63) is 66.9 Å². The predicted octanol–water partition coefficient (Wildman–Crippen LogP) is 3.04. The van der Waals surface area contributed by atoms with Gasteiger partial charge in [-0.2, -0.15) is 10.2 Å². The Hall–Kier alpha value is -3.85. The maximum atomic E-state index is 10.8. The summed E-state index contributed by atoms with van der Waals surface area (Å²) in [6.07, 6.45) is 12.1. The Bertz CT molecular complexity index is 1060. The highest BCUT2D eigenvalue weighted by Crippen LogP contribution is 2.22. The van der Waals surface area contributed by atoms with Gasteiger partial charge in [-0.25, -0.2) is 15.0 Å². The van der Waals surface area contributed by atoms with Crippen LogP contribution >= 0.6 is 0 Å². The molecular weight excluding hydrogens is 408 g/mol. The van der Waals surface area contributed by atoms with Crippen LogP contribution in [0.1, 0.15) is 25.3 Å². The molecule has 1 aromatic carbocycles. The van der Waals surface area contributed by atoms with Crippen LogP contribution in [-0.2, 0) is 11.3 Å². The summed E-state index contributed by atoms with van der Waals surface area (Å²) in [5.74, 6) is 1.24. The molecule has 1 N–H and O–H groups in total. The molecule has 1 unspecified atom stereocenters. The van der Waals surface area contributed by atoms with E-state index in [1.807, 2.05) is 38.1 Å². The molecule has 2 heterocycles. The third kappa shape index (κ3) is 6.08. The molecule has 0 aliphatic rings. The maximum Gasteiger partial charge on any atom is 0.159 e. The number of carbonyl (C=O) groups excluding carboxylic acids is 1. The second-order valence-corrected chi connectivity index (χ2v) is 6.86. The lowest BCUT2D eigenvalue weighted by atomic mass is 10.00. The molecule has 0 radical (unpaired) electrons. The average molecular weight is 435 g/mol. The van der Waals surface area contributed by atoms with Crippen LogP contribution < -0.4 is 9.75 Å². The van der Waals surface area contributed by atoms with Crippen LogP contribution in [0.4, 0.5) is 5.69 Å². The normalized spacial score (nSPS) is 12.3. The number of rotatable bonds is 11. The summed E-state index contributed by atoms with van der Waals surface area (Å²) in [6, 6.07) is 7.95. The summed E-state index contributed by atoms with van der Waals surface area (Å²) >= 11 is 0. The first-order valence-corrected chi connectivity index (χ1v) is 10.3. The van der Waals surface area contributed by atoms with E-state index in [9.17, 15) is 4.79 Å². The Kier molecular flexibility index (Phi) is 8.22. The van der Waals surface area contributed by atoms with Gasteiger partial charge in [0.1, 0.15) is 12.0 Å². The average Bonchev–Trinajstić information content (AvgIpc) is 3.28. The number of hydrogen-bond acceptors (Lipinski definition) is 8. The number of benzene rings is 1. The number of allylic oxidation sites excluding steroid dienone is 1. The topological polar surface area (TPSA) is 106 Å². The third-order valence-corrected chi connectivity index (χ3v) is 4.54. The lowest BCUT2D eigenvalue weighted by Gasteiger charge is -2.13. The Morgan fingerprint density at radius 1 is 1.28 bits per heavy atom. The molecule has 0 aliphatic heterocycles. The molecule has 0 saturated carbocycles. The van der Waals surface area contributed by atoms with Crippen LogP contribution in [0.3, 0.4) is 0 Å². The molecule has 2 aromatic heterocycles. The van der Waals surface area contributed by atoms with Gasteiger partial charge in [0.2, 0.25) is 0 Å². The molecule has 0 amide bonds. The number of nitrogens with zero attached hydrogens (tertiary/aromatic N) is 6. The van der Waals surface area contributed by atoms with Crippen LogP contribution in [0.2, 0.25) is 0 Å². The first-order chi connectivity index (χ1) is 15.6. The van der Waals surface area contributed by atoms with Crippen molar-refractivity contribution in [2.24, 2.45) is 5.10 Å². The smallest absolute Gasteiger partial charge is 0.159 e. The fourth-order valence-electron chi connectivity index (χ4n) is 2.93. The lowest BCUT2D eigenvalue weighted by Crippen LogP contribution is -2.09. The quantitative estimate of drug-likeness (QED) is 0.214. The van der Waals surface area contributed by atoms with Crippen molar-refractivity contribution in [1.82, 2.24) is 19.7 Å². The highest BCUT2D eigenvalue weighted by molar-refractivity contribution is 5.71. The Morgan fingerprint density at radius 3 is 2.81 bits per heavy atom. The van der Waals surface area contributed by atoms with Crippen molar-refractivity contribution in [2.75, 3.05) is 18.2 Å². The van der Waals surface area contributed by atoms with Gasteiger partial charge in [-0.05, 0) is 24.6 Å². The molecule has 166 valence electrons. The molecule has 0 fully saturated rings. The minimum absolute atomic E-state index is 0.0139. The van der Waals surface area contributed by atoms with E-state index in [1.165, 1.54) is 6.08 Å². The first-order valence-electron chi connectivity index (χ1n) is 10.3. The van der Waals surface area contributed by atoms with E-state index in [0.717, 1.165) is 11.1 Å². The van der Waals surface area contributed by atoms with Crippen molar-refractivity contribution >= 4 is 18.2 Å². The summed E-state index contributed by atoms with van der Waals surface area (Å²) in [6.45, 7) is 4.87. The molecule has 3 rings (SSSR count). The number of aliphatic hydroxyl groups excluding tert-OH is 1. The number of aldehydes is 1. The van der Waals surface area contributed by atoms with Crippen molar-refractivity contribution in [3.63, 3.8) is 0 Å². The van der Waals surface area contributed by atoms with Crippen LogP contribution in [0.25, 0.3) is 11.4 Å². The van der Waals surface area contributed by atoms with Gasteiger partial charge < -0.3 is 9.84 Å². The van der Waals surface area contributed by atoms with E-state index in [2.05, 4.69) is 20.2 Å². The number of hydrazone groups is 1. The second-order valence-electron chi connectivity index (χ2n) is 6.86. The van der Waals surface area contributed by atoms with Crippen molar-refractivity contribution in [1.29, 1.82) is 0 Å². The van der Waals surface area contributed by atoms with E-state index >= 15 is 0 Å². The van der Waals surface area contributed by atoms with Gasteiger partial charge in [-0.15, -0.1) is 0 Å². The van der Waals surface area contributed by atoms with Gasteiger partial charge in [0, 0.05) is 23.9 Å². The number of hydrogen-bond donors (Lipinski definition) is 1. The summed E-state index contributed by atoms with van der Waals surface area (Å²) in [7, 11) is 0. The molecule has 0 aliphatic carbocycles. The highest BCUT2D eigenvalue weighted by atomic mass is 16.5. The molecule has 1 atom stereocenters. The number of ether oxygens (including phenoxy) is 1. The molecule has 9 heteroatoms. The van der Waals surface area contributed by atoms with Crippen LogP contribution in [0.5, 0.6) is 5.75 Å². The summed E-state index contributed by atoms with van der Waals surface area (Å²) in [4.78, 5) is 19.6. The van der Waals surface area contributed by atoms with Crippen LogP contribution in [0, 0.1) is 0 Å². The van der Waals surface area contributed by atoms with Crippen molar-refractivity contribution in [2.45, 2.75) is 26.3 Å². The first kappa shape index (κ1) is 22.8. The minimum Gasteiger partial charge on any atom is -0.491 e. The Balaban J connectivity index is 1.77.